The van der Waals surface area contributed by atoms with Crippen molar-refractivity contribution in [3.05, 3.63) is 88.4 Å². The van der Waals surface area contributed by atoms with Crippen molar-refractivity contribution in [1.29, 1.82) is 0 Å². The molecule has 0 fully saturated rings. The first-order valence-electron chi connectivity index (χ1n) is 8.01. The second-order valence-electron chi connectivity index (χ2n) is 5.84. The highest BCUT2D eigenvalue weighted by molar-refractivity contribution is 6.32. The molecule has 2 aromatic carbocycles. The van der Waals surface area contributed by atoms with Gasteiger partial charge in [0.25, 0.3) is 0 Å². The van der Waals surface area contributed by atoms with Gasteiger partial charge in [-0.05, 0) is 23.8 Å². The molecule has 0 saturated carbocycles. The van der Waals surface area contributed by atoms with Crippen molar-refractivity contribution in [1.82, 2.24) is 15.0 Å². The van der Waals surface area contributed by atoms with E-state index in [0.29, 0.717) is 16.3 Å². The predicted octanol–water partition coefficient (Wildman–Crippen LogP) is 5.05. The summed E-state index contributed by atoms with van der Waals surface area (Å²) in [5.74, 6) is 0. The van der Waals surface area contributed by atoms with Crippen molar-refractivity contribution < 1.29 is 0 Å². The molecule has 0 bridgehead atoms. The molecular formula is C20H14Cl2N4. The van der Waals surface area contributed by atoms with E-state index in [2.05, 4.69) is 9.97 Å². The highest BCUT2D eigenvalue weighted by Crippen LogP contribution is 2.32. The smallest absolute Gasteiger partial charge is 0.152 e. The fourth-order valence-electron chi connectivity index (χ4n) is 2.86. The second-order valence-corrected chi connectivity index (χ2v) is 6.60. The van der Waals surface area contributed by atoms with Crippen LogP contribution in [0.3, 0.4) is 0 Å². The first-order chi connectivity index (χ1) is 12.6. The number of hydrogen-bond acceptors (Lipinski definition) is 4. The van der Waals surface area contributed by atoms with E-state index in [1.807, 2.05) is 54.6 Å². The lowest BCUT2D eigenvalue weighted by molar-refractivity contribution is 0.819. The summed E-state index contributed by atoms with van der Waals surface area (Å²) in [5.41, 5.74) is 10.3. The molecule has 1 unspecified atom stereocenters. The van der Waals surface area contributed by atoms with Gasteiger partial charge in [0.1, 0.15) is 0 Å². The van der Waals surface area contributed by atoms with Gasteiger partial charge in [0.05, 0.1) is 22.9 Å². The van der Waals surface area contributed by atoms with E-state index in [1.165, 1.54) is 6.20 Å². The third kappa shape index (κ3) is 3.15. The van der Waals surface area contributed by atoms with Gasteiger partial charge in [0.15, 0.2) is 5.15 Å². The van der Waals surface area contributed by atoms with Gasteiger partial charge in [-0.3, -0.25) is 4.98 Å². The molecule has 128 valence electrons. The van der Waals surface area contributed by atoms with E-state index in [1.54, 1.807) is 6.20 Å². The van der Waals surface area contributed by atoms with Crippen molar-refractivity contribution in [3.8, 4) is 11.3 Å². The zero-order valence-corrected chi connectivity index (χ0v) is 15.1. The average molecular weight is 381 g/mol. The minimum atomic E-state index is -0.588. The number of rotatable bonds is 3. The molecule has 1 atom stereocenters. The van der Waals surface area contributed by atoms with E-state index in [4.69, 9.17) is 33.9 Å². The topological polar surface area (TPSA) is 64.7 Å². The van der Waals surface area contributed by atoms with Crippen molar-refractivity contribution in [2.24, 2.45) is 5.73 Å². The van der Waals surface area contributed by atoms with Gasteiger partial charge in [0, 0.05) is 28.4 Å². The van der Waals surface area contributed by atoms with Gasteiger partial charge in [-0.15, -0.1) is 0 Å². The van der Waals surface area contributed by atoms with Crippen LogP contribution in [0.5, 0.6) is 0 Å². The van der Waals surface area contributed by atoms with Crippen LogP contribution < -0.4 is 5.73 Å². The second kappa shape index (κ2) is 7.00. The highest BCUT2D eigenvalue weighted by Gasteiger charge is 2.18. The van der Waals surface area contributed by atoms with Crippen LogP contribution in [-0.4, -0.2) is 15.0 Å². The summed E-state index contributed by atoms with van der Waals surface area (Å²) >= 11 is 12.6. The van der Waals surface area contributed by atoms with Crippen LogP contribution >= 0.6 is 23.2 Å². The van der Waals surface area contributed by atoms with Gasteiger partial charge in [-0.2, -0.15) is 0 Å². The lowest BCUT2D eigenvalue weighted by Gasteiger charge is -2.15. The van der Waals surface area contributed by atoms with Crippen LogP contribution in [0.15, 0.2) is 67.0 Å². The quantitative estimate of drug-likeness (QED) is 0.540. The third-order valence-corrected chi connectivity index (χ3v) is 4.80. The molecular weight excluding hydrogens is 367 g/mol. The Morgan fingerprint density at radius 3 is 2.42 bits per heavy atom. The largest absolute Gasteiger partial charge is 0.319 e. The molecule has 0 saturated heterocycles. The Kier molecular flexibility index (Phi) is 4.55. The summed E-state index contributed by atoms with van der Waals surface area (Å²) in [6.07, 6.45) is 3.08. The zero-order chi connectivity index (χ0) is 18.1. The summed E-state index contributed by atoms with van der Waals surface area (Å²) < 4.78 is 0. The normalized spacial score (nSPS) is 12.3. The Hall–Kier alpha value is -2.53. The van der Waals surface area contributed by atoms with Crippen LogP contribution in [0.4, 0.5) is 0 Å². The van der Waals surface area contributed by atoms with Crippen LogP contribution in [-0.2, 0) is 0 Å². The Labute approximate surface area is 160 Å². The van der Waals surface area contributed by atoms with Crippen LogP contribution in [0.1, 0.15) is 17.3 Å². The SMILES string of the molecule is NC(c1cc2nc(-c3ccccc3)ccc2cc1Cl)c1nccnc1Cl. The molecule has 2 aromatic heterocycles. The lowest BCUT2D eigenvalue weighted by atomic mass is 10.0. The number of nitrogens with zero attached hydrogens (tertiary/aromatic N) is 3. The van der Waals surface area contributed by atoms with E-state index in [9.17, 15) is 0 Å². The van der Waals surface area contributed by atoms with Crippen molar-refractivity contribution >= 4 is 34.1 Å². The van der Waals surface area contributed by atoms with E-state index in [0.717, 1.165) is 22.2 Å². The molecule has 2 heterocycles. The molecule has 0 amide bonds. The van der Waals surface area contributed by atoms with Crippen LogP contribution in [0.25, 0.3) is 22.2 Å². The van der Waals surface area contributed by atoms with E-state index < -0.39 is 6.04 Å². The Balaban J connectivity index is 1.83. The van der Waals surface area contributed by atoms with Crippen molar-refractivity contribution in [3.63, 3.8) is 0 Å². The minimum absolute atomic E-state index is 0.266. The van der Waals surface area contributed by atoms with Gasteiger partial charge < -0.3 is 5.73 Å². The molecule has 4 aromatic rings. The number of fused-ring (bicyclic) bond motifs is 1. The number of hydrogen-bond donors (Lipinski definition) is 1. The molecule has 0 spiro atoms. The number of aromatic nitrogens is 3. The van der Waals surface area contributed by atoms with Crippen LogP contribution in [0.2, 0.25) is 10.2 Å². The number of pyridine rings is 1. The third-order valence-electron chi connectivity index (χ3n) is 4.19. The maximum atomic E-state index is 6.46. The molecule has 0 aliphatic carbocycles. The average Bonchev–Trinajstić information content (AvgIpc) is 2.68. The fraction of sp³-hybridized carbons (Fsp3) is 0.0500. The molecule has 0 aliphatic rings. The zero-order valence-electron chi connectivity index (χ0n) is 13.6. The van der Waals surface area contributed by atoms with E-state index in [-0.39, 0.29) is 5.15 Å². The molecule has 0 radical (unpaired) electrons. The molecule has 0 aliphatic heterocycles. The van der Waals surface area contributed by atoms with Crippen LogP contribution in [0, 0.1) is 0 Å². The monoisotopic (exact) mass is 380 g/mol. The van der Waals surface area contributed by atoms with Crippen molar-refractivity contribution in [2.45, 2.75) is 6.04 Å². The summed E-state index contributed by atoms with van der Waals surface area (Å²) in [6.45, 7) is 0. The molecule has 4 nitrogen and oxygen atoms in total. The minimum Gasteiger partial charge on any atom is -0.319 e. The van der Waals surface area contributed by atoms with Crippen molar-refractivity contribution in [2.75, 3.05) is 0 Å². The number of halogens is 2. The Morgan fingerprint density at radius 1 is 0.885 bits per heavy atom. The summed E-state index contributed by atoms with van der Waals surface area (Å²) in [5, 5.41) is 1.75. The standard InChI is InChI=1S/C20H14Cl2N4/c21-15-10-13-6-7-16(12-4-2-1-3-5-12)26-17(13)11-14(15)18(23)19-20(22)25-9-8-24-19/h1-11,18H,23H2. The molecule has 4 rings (SSSR count). The first kappa shape index (κ1) is 16.9. The number of nitrogens with two attached hydrogens (primary N) is 1. The molecule has 6 heteroatoms. The summed E-state index contributed by atoms with van der Waals surface area (Å²) in [4.78, 5) is 13.0. The summed E-state index contributed by atoms with van der Waals surface area (Å²) in [7, 11) is 0. The fourth-order valence-corrected chi connectivity index (χ4v) is 3.37. The predicted molar refractivity (Wildman–Crippen MR) is 105 cm³/mol. The summed E-state index contributed by atoms with van der Waals surface area (Å²) in [6, 6.07) is 17.1. The molecule has 26 heavy (non-hydrogen) atoms. The van der Waals surface area contributed by atoms with Gasteiger partial charge >= 0.3 is 0 Å². The Morgan fingerprint density at radius 2 is 1.65 bits per heavy atom. The van der Waals surface area contributed by atoms with Gasteiger partial charge in [-0.1, -0.05) is 59.6 Å². The first-order valence-corrected chi connectivity index (χ1v) is 8.76. The maximum absolute atomic E-state index is 6.46. The highest BCUT2D eigenvalue weighted by atomic mass is 35.5. The number of benzene rings is 2. The molecule has 2 N–H and O–H groups in total. The van der Waals surface area contributed by atoms with E-state index >= 15 is 0 Å². The maximum Gasteiger partial charge on any atom is 0.152 e. The van der Waals surface area contributed by atoms with Gasteiger partial charge in [0.2, 0.25) is 0 Å². The lowest BCUT2D eigenvalue weighted by Crippen LogP contribution is -2.15. The van der Waals surface area contributed by atoms with Gasteiger partial charge in [-0.25, -0.2) is 9.97 Å². The Bertz CT molecular complexity index is 1080.